The molecule has 0 saturated carbocycles. The van der Waals surface area contributed by atoms with E-state index in [-0.39, 0.29) is 23.3 Å². The van der Waals surface area contributed by atoms with Crippen LogP contribution in [0.4, 0.5) is 5.69 Å². The lowest BCUT2D eigenvalue weighted by atomic mass is 9.87. The molecule has 0 amide bonds. The van der Waals surface area contributed by atoms with Crippen molar-refractivity contribution in [3.05, 3.63) is 47.0 Å². The van der Waals surface area contributed by atoms with Gasteiger partial charge in [-0.15, -0.1) is 0 Å². The highest BCUT2D eigenvalue weighted by Gasteiger charge is 2.32. The SMILES string of the molecule is CCCN(C)c1cc(C2C(=S)NN=C2c2cc(C(C)C)c(O)cc2O)ccc1OC. The molecule has 1 unspecified atom stereocenters. The van der Waals surface area contributed by atoms with Crippen LogP contribution in [0.1, 0.15) is 55.7 Å². The van der Waals surface area contributed by atoms with Crippen LogP contribution in [0.2, 0.25) is 0 Å². The molecular weight excluding hydrogens is 398 g/mol. The topological polar surface area (TPSA) is 77.3 Å². The molecule has 0 aromatic heterocycles. The van der Waals surface area contributed by atoms with Crippen molar-refractivity contribution >= 4 is 28.6 Å². The highest BCUT2D eigenvalue weighted by atomic mass is 32.1. The Morgan fingerprint density at radius 1 is 1.20 bits per heavy atom. The summed E-state index contributed by atoms with van der Waals surface area (Å²) in [6.45, 7) is 7.01. The second-order valence-corrected chi connectivity index (χ2v) is 8.28. The minimum absolute atomic E-state index is 0.0241. The molecule has 30 heavy (non-hydrogen) atoms. The van der Waals surface area contributed by atoms with Gasteiger partial charge in [-0.2, -0.15) is 5.10 Å². The van der Waals surface area contributed by atoms with Crippen molar-refractivity contribution in [1.82, 2.24) is 5.43 Å². The minimum atomic E-state index is -0.310. The third kappa shape index (κ3) is 4.07. The molecule has 2 aromatic rings. The predicted octanol–water partition coefficient (Wildman–Crippen LogP) is 4.49. The molecule has 3 N–H and O–H groups in total. The fourth-order valence-corrected chi connectivity index (χ4v) is 4.09. The number of hydrogen-bond acceptors (Lipinski definition) is 6. The lowest BCUT2D eigenvalue weighted by Crippen LogP contribution is -2.22. The summed E-state index contributed by atoms with van der Waals surface area (Å²) in [6.07, 6.45) is 1.01. The molecule has 2 aromatic carbocycles. The number of phenolic OH excluding ortho intramolecular Hbond substituents is 2. The first-order chi connectivity index (χ1) is 14.3. The van der Waals surface area contributed by atoms with Crippen molar-refractivity contribution in [1.29, 1.82) is 0 Å². The molecule has 7 heteroatoms. The van der Waals surface area contributed by atoms with E-state index >= 15 is 0 Å². The predicted molar refractivity (Wildman–Crippen MR) is 125 cm³/mol. The van der Waals surface area contributed by atoms with E-state index in [4.69, 9.17) is 17.0 Å². The fourth-order valence-electron chi connectivity index (χ4n) is 3.80. The Bertz CT molecular complexity index is 988. The number of hydrogen-bond donors (Lipinski definition) is 3. The number of ether oxygens (including phenoxy) is 1. The second kappa shape index (κ2) is 8.92. The van der Waals surface area contributed by atoms with E-state index in [1.54, 1.807) is 13.2 Å². The van der Waals surface area contributed by atoms with Crippen LogP contribution in [0.3, 0.4) is 0 Å². The van der Waals surface area contributed by atoms with Crippen molar-refractivity contribution < 1.29 is 14.9 Å². The van der Waals surface area contributed by atoms with Crippen molar-refractivity contribution in [3.8, 4) is 17.2 Å². The summed E-state index contributed by atoms with van der Waals surface area (Å²) in [7, 11) is 3.70. The van der Waals surface area contributed by atoms with Crippen LogP contribution < -0.4 is 15.1 Å². The molecule has 1 atom stereocenters. The zero-order valence-corrected chi connectivity index (χ0v) is 18.9. The highest BCUT2D eigenvalue weighted by Crippen LogP contribution is 2.38. The van der Waals surface area contributed by atoms with Crippen LogP contribution in [-0.4, -0.2) is 41.6 Å². The number of phenols is 2. The molecule has 6 nitrogen and oxygen atoms in total. The summed E-state index contributed by atoms with van der Waals surface area (Å²) >= 11 is 5.57. The molecule has 0 bridgehead atoms. The Labute approximate surface area is 183 Å². The molecule has 0 aliphatic carbocycles. The van der Waals surface area contributed by atoms with E-state index in [1.807, 2.05) is 33.0 Å². The Morgan fingerprint density at radius 2 is 1.93 bits per heavy atom. The van der Waals surface area contributed by atoms with Gasteiger partial charge in [-0.05, 0) is 41.7 Å². The van der Waals surface area contributed by atoms with Gasteiger partial charge in [0, 0.05) is 25.2 Å². The maximum Gasteiger partial charge on any atom is 0.142 e. The molecule has 0 radical (unpaired) electrons. The second-order valence-electron chi connectivity index (χ2n) is 7.84. The molecule has 0 fully saturated rings. The van der Waals surface area contributed by atoms with Gasteiger partial charge < -0.3 is 19.8 Å². The summed E-state index contributed by atoms with van der Waals surface area (Å²) in [4.78, 5) is 2.72. The number of rotatable bonds is 7. The molecule has 0 spiro atoms. The molecule has 1 heterocycles. The number of anilines is 1. The first kappa shape index (κ1) is 21.9. The van der Waals surface area contributed by atoms with Gasteiger partial charge in [0.05, 0.1) is 24.4 Å². The van der Waals surface area contributed by atoms with Gasteiger partial charge >= 0.3 is 0 Å². The number of hydrazone groups is 1. The molecular formula is C23H29N3O3S. The van der Waals surface area contributed by atoms with Crippen molar-refractivity contribution in [2.45, 2.75) is 39.0 Å². The van der Waals surface area contributed by atoms with Crippen LogP contribution in [0.15, 0.2) is 35.4 Å². The lowest BCUT2D eigenvalue weighted by molar-refractivity contribution is 0.414. The minimum Gasteiger partial charge on any atom is -0.508 e. The van der Waals surface area contributed by atoms with Gasteiger partial charge in [0.15, 0.2) is 0 Å². The molecule has 1 aliphatic heterocycles. The van der Waals surface area contributed by atoms with Crippen LogP contribution in [-0.2, 0) is 0 Å². The van der Waals surface area contributed by atoms with Crippen molar-refractivity contribution in [2.75, 3.05) is 25.6 Å². The van der Waals surface area contributed by atoms with E-state index in [0.717, 1.165) is 35.5 Å². The maximum absolute atomic E-state index is 10.6. The summed E-state index contributed by atoms with van der Waals surface area (Å²) in [5, 5.41) is 25.2. The van der Waals surface area contributed by atoms with Gasteiger partial charge in [0.2, 0.25) is 0 Å². The number of nitrogens with one attached hydrogen (secondary N) is 1. The summed E-state index contributed by atoms with van der Waals surface area (Å²) in [5.74, 6) is 0.628. The largest absolute Gasteiger partial charge is 0.508 e. The van der Waals surface area contributed by atoms with Gasteiger partial charge in [-0.25, -0.2) is 0 Å². The lowest BCUT2D eigenvalue weighted by Gasteiger charge is -2.23. The van der Waals surface area contributed by atoms with Crippen LogP contribution in [0.5, 0.6) is 17.2 Å². The number of thiocarbonyl (C=S) groups is 1. The van der Waals surface area contributed by atoms with E-state index in [0.29, 0.717) is 16.3 Å². The number of methoxy groups -OCH3 is 1. The van der Waals surface area contributed by atoms with E-state index in [9.17, 15) is 10.2 Å². The fraction of sp³-hybridized carbons (Fsp3) is 0.391. The quantitative estimate of drug-likeness (QED) is 0.565. The monoisotopic (exact) mass is 427 g/mol. The van der Waals surface area contributed by atoms with Gasteiger partial charge in [0.1, 0.15) is 22.2 Å². The van der Waals surface area contributed by atoms with Gasteiger partial charge in [-0.3, -0.25) is 5.43 Å². The average molecular weight is 428 g/mol. The Hall–Kier alpha value is -2.80. The Balaban J connectivity index is 2.08. The number of benzene rings is 2. The van der Waals surface area contributed by atoms with Crippen LogP contribution in [0.25, 0.3) is 0 Å². The molecule has 1 aliphatic rings. The van der Waals surface area contributed by atoms with Crippen molar-refractivity contribution in [3.63, 3.8) is 0 Å². The highest BCUT2D eigenvalue weighted by molar-refractivity contribution is 7.80. The van der Waals surface area contributed by atoms with E-state index < -0.39 is 0 Å². The van der Waals surface area contributed by atoms with E-state index in [1.165, 1.54) is 6.07 Å². The smallest absolute Gasteiger partial charge is 0.142 e. The average Bonchev–Trinajstić information content (AvgIpc) is 3.08. The molecule has 3 rings (SSSR count). The third-order valence-electron chi connectivity index (χ3n) is 5.37. The molecule has 160 valence electrons. The third-order valence-corrected chi connectivity index (χ3v) is 5.70. The normalized spacial score (nSPS) is 15.9. The van der Waals surface area contributed by atoms with Crippen LogP contribution in [0, 0.1) is 0 Å². The van der Waals surface area contributed by atoms with Crippen molar-refractivity contribution in [2.24, 2.45) is 5.10 Å². The maximum atomic E-state index is 10.6. The zero-order chi connectivity index (χ0) is 22.0. The molecule has 0 saturated heterocycles. The zero-order valence-electron chi connectivity index (χ0n) is 18.1. The standard InChI is InChI=1S/C23H29N3O3S/c1-6-9-26(4)17-10-14(7-8-20(17)29-5)21-22(24-25-23(21)30)16-11-15(13(2)3)18(27)12-19(16)28/h7-8,10-13,21,27-28H,6,9H2,1-5H3,(H,25,30). The van der Waals surface area contributed by atoms with Crippen LogP contribution >= 0.6 is 12.2 Å². The number of aromatic hydroxyl groups is 2. The van der Waals surface area contributed by atoms with Gasteiger partial charge in [0.25, 0.3) is 0 Å². The Kier molecular flexibility index (Phi) is 6.51. The summed E-state index contributed by atoms with van der Waals surface area (Å²) in [5.41, 5.74) is 6.79. The first-order valence-electron chi connectivity index (χ1n) is 10.1. The summed E-state index contributed by atoms with van der Waals surface area (Å²) in [6, 6.07) is 9.15. The van der Waals surface area contributed by atoms with Gasteiger partial charge in [-0.1, -0.05) is 39.1 Å². The van der Waals surface area contributed by atoms with E-state index in [2.05, 4.69) is 28.4 Å². The first-order valence-corrected chi connectivity index (χ1v) is 10.5. The summed E-state index contributed by atoms with van der Waals surface area (Å²) < 4.78 is 5.55. The Morgan fingerprint density at radius 3 is 2.57 bits per heavy atom. The number of nitrogens with zero attached hydrogens (tertiary/aromatic N) is 2.